The van der Waals surface area contributed by atoms with Gasteiger partial charge in [-0.3, -0.25) is 23.4 Å². The number of esters is 3. The first-order valence-corrected chi connectivity index (χ1v) is 30.6. The number of phosphoric ester groups is 1. The molecule has 0 heterocycles. The van der Waals surface area contributed by atoms with Gasteiger partial charge in [0.15, 0.2) is 6.10 Å². The van der Waals surface area contributed by atoms with Crippen LogP contribution >= 0.6 is 7.82 Å². The molecule has 0 aliphatic rings. The Kier molecular flexibility index (Phi) is 52.9. The summed E-state index contributed by atoms with van der Waals surface area (Å²) in [5, 5.41) is 9.81. The maximum Gasteiger partial charge on any atom is 0.472 e. The fraction of sp³-hybridized carbons (Fsp3) is 0.694. The van der Waals surface area contributed by atoms with Gasteiger partial charge in [0.1, 0.15) is 12.7 Å². The average molecular weight is 1060 g/mol. The van der Waals surface area contributed by atoms with Crippen molar-refractivity contribution in [2.45, 2.75) is 251 Å². The molecule has 12 heteroatoms. The summed E-state index contributed by atoms with van der Waals surface area (Å²) in [6.07, 6.45) is 65.1. The first-order valence-electron chi connectivity index (χ1n) is 29.1. The largest absolute Gasteiger partial charge is 0.472 e. The van der Waals surface area contributed by atoms with Crippen molar-refractivity contribution in [1.82, 2.24) is 0 Å². The second-order valence-corrected chi connectivity index (χ2v) is 20.5. The highest BCUT2D eigenvalue weighted by molar-refractivity contribution is 7.47. The first kappa shape index (κ1) is 70.4. The minimum absolute atomic E-state index is 0.110. The van der Waals surface area contributed by atoms with Crippen LogP contribution in [0, 0.1) is 0 Å². The maximum absolute atomic E-state index is 12.9. The van der Waals surface area contributed by atoms with Gasteiger partial charge in [0.25, 0.3) is 0 Å². The Hall–Kier alpha value is -3.60. The number of rotatable bonds is 53. The third-order valence-corrected chi connectivity index (χ3v) is 12.9. The highest BCUT2D eigenvalue weighted by Gasteiger charge is 2.28. The van der Waals surface area contributed by atoms with E-state index in [9.17, 15) is 28.9 Å². The van der Waals surface area contributed by atoms with Crippen LogP contribution in [0.15, 0.2) is 97.2 Å². The minimum Gasteiger partial charge on any atom is -0.462 e. The van der Waals surface area contributed by atoms with Gasteiger partial charge >= 0.3 is 25.7 Å². The fourth-order valence-corrected chi connectivity index (χ4v) is 8.37. The Bertz CT molecular complexity index is 1610. The quantitative estimate of drug-likeness (QED) is 0.0197. The molecule has 0 aliphatic heterocycles. The highest BCUT2D eigenvalue weighted by atomic mass is 31.2. The van der Waals surface area contributed by atoms with Crippen LogP contribution in [0.4, 0.5) is 0 Å². The molecule has 0 rings (SSSR count). The Morgan fingerprint density at radius 1 is 0.392 bits per heavy atom. The van der Waals surface area contributed by atoms with Crippen molar-refractivity contribution < 1.29 is 52.2 Å². The zero-order valence-corrected chi connectivity index (χ0v) is 47.7. The molecule has 0 fully saturated rings. The second-order valence-electron chi connectivity index (χ2n) is 19.0. The number of hydrogen-bond acceptors (Lipinski definition) is 10. The average Bonchev–Trinajstić information content (AvgIpc) is 3.39. The number of carbonyl (C=O) groups excluding carboxylic acids is 3. The van der Waals surface area contributed by atoms with Gasteiger partial charge in [-0.15, -0.1) is 0 Å². The lowest BCUT2D eigenvalue weighted by Gasteiger charge is -2.21. The number of aliphatic hydroxyl groups is 1. The molecule has 0 bridgehead atoms. The molecular weight excluding hydrogens is 952 g/mol. The van der Waals surface area contributed by atoms with Crippen LogP contribution in [0.5, 0.6) is 0 Å². The monoisotopic (exact) mass is 1060 g/mol. The van der Waals surface area contributed by atoms with Gasteiger partial charge in [0, 0.05) is 19.3 Å². The van der Waals surface area contributed by atoms with Crippen molar-refractivity contribution in [1.29, 1.82) is 0 Å². The van der Waals surface area contributed by atoms with Gasteiger partial charge in [-0.05, 0) is 116 Å². The van der Waals surface area contributed by atoms with Crippen LogP contribution < -0.4 is 0 Å². The molecule has 3 unspecified atom stereocenters. The Balaban J connectivity index is 4.79. The zero-order chi connectivity index (χ0) is 54.1. The van der Waals surface area contributed by atoms with Gasteiger partial charge in [-0.25, -0.2) is 4.57 Å². The lowest BCUT2D eigenvalue weighted by molar-refractivity contribution is -0.161. The van der Waals surface area contributed by atoms with Crippen molar-refractivity contribution in [3.05, 3.63) is 97.2 Å². The van der Waals surface area contributed by atoms with E-state index < -0.39 is 57.8 Å². The molecule has 0 aliphatic carbocycles. The van der Waals surface area contributed by atoms with E-state index in [1.54, 1.807) is 0 Å². The molecule has 0 aromatic rings. The summed E-state index contributed by atoms with van der Waals surface area (Å²) in [5.41, 5.74) is 0. The van der Waals surface area contributed by atoms with Crippen LogP contribution in [0.3, 0.4) is 0 Å². The molecule has 0 saturated carbocycles. The molecule has 74 heavy (non-hydrogen) atoms. The third kappa shape index (κ3) is 53.2. The van der Waals surface area contributed by atoms with E-state index in [4.69, 9.17) is 23.3 Å². The van der Waals surface area contributed by atoms with Gasteiger partial charge in [0.05, 0.1) is 19.8 Å². The summed E-state index contributed by atoms with van der Waals surface area (Å²) in [6.45, 7) is 4.34. The third-order valence-electron chi connectivity index (χ3n) is 12.0. The van der Waals surface area contributed by atoms with E-state index in [2.05, 4.69) is 118 Å². The van der Waals surface area contributed by atoms with Crippen molar-refractivity contribution in [3.63, 3.8) is 0 Å². The smallest absolute Gasteiger partial charge is 0.462 e. The van der Waals surface area contributed by atoms with Crippen molar-refractivity contribution in [2.75, 3.05) is 26.4 Å². The van der Waals surface area contributed by atoms with E-state index in [0.29, 0.717) is 19.3 Å². The number of aliphatic hydroxyl groups excluding tert-OH is 1. The summed E-state index contributed by atoms with van der Waals surface area (Å²) >= 11 is 0. The predicted molar refractivity (Wildman–Crippen MR) is 307 cm³/mol. The highest BCUT2D eigenvalue weighted by Crippen LogP contribution is 2.43. The van der Waals surface area contributed by atoms with Crippen molar-refractivity contribution in [3.8, 4) is 0 Å². The van der Waals surface area contributed by atoms with E-state index in [1.807, 2.05) is 0 Å². The molecule has 0 radical (unpaired) electrons. The number of hydrogen-bond donors (Lipinski definition) is 2. The van der Waals surface area contributed by atoms with E-state index in [-0.39, 0.29) is 25.9 Å². The normalized spacial score (nSPS) is 14.1. The maximum atomic E-state index is 12.9. The molecule has 0 saturated heterocycles. The summed E-state index contributed by atoms with van der Waals surface area (Å²) < 4.78 is 39.5. The molecule has 2 N–H and O–H groups in total. The molecule has 11 nitrogen and oxygen atoms in total. The van der Waals surface area contributed by atoms with E-state index >= 15 is 0 Å². The number of unbranched alkanes of at least 4 members (excludes halogenated alkanes) is 20. The van der Waals surface area contributed by atoms with Gasteiger partial charge in [-0.1, -0.05) is 201 Å². The van der Waals surface area contributed by atoms with Gasteiger partial charge in [-0.2, -0.15) is 0 Å². The zero-order valence-electron chi connectivity index (χ0n) is 46.8. The summed E-state index contributed by atoms with van der Waals surface area (Å²) in [5.74, 6) is -1.54. The van der Waals surface area contributed by atoms with E-state index in [1.165, 1.54) is 64.2 Å². The predicted octanol–water partition coefficient (Wildman–Crippen LogP) is 17.3. The van der Waals surface area contributed by atoms with Crippen molar-refractivity contribution >= 4 is 25.7 Å². The van der Waals surface area contributed by atoms with Crippen molar-refractivity contribution in [2.24, 2.45) is 0 Å². The van der Waals surface area contributed by atoms with Crippen LogP contribution in [-0.4, -0.2) is 66.5 Å². The van der Waals surface area contributed by atoms with Crippen LogP contribution in [0.2, 0.25) is 0 Å². The Labute approximate surface area is 451 Å². The number of ether oxygens (including phenoxy) is 3. The minimum atomic E-state index is -4.77. The van der Waals surface area contributed by atoms with Gasteiger partial charge in [0.2, 0.25) is 0 Å². The van der Waals surface area contributed by atoms with E-state index in [0.717, 1.165) is 116 Å². The second kappa shape index (κ2) is 55.6. The topological polar surface area (TPSA) is 155 Å². The lowest BCUT2D eigenvalue weighted by Crippen LogP contribution is -2.30. The first-order chi connectivity index (χ1) is 36.2. The fourth-order valence-electron chi connectivity index (χ4n) is 7.59. The van der Waals surface area contributed by atoms with Crippen LogP contribution in [0.25, 0.3) is 0 Å². The van der Waals surface area contributed by atoms with Crippen LogP contribution in [0.1, 0.15) is 239 Å². The number of allylic oxidation sites excluding steroid dienone is 16. The summed E-state index contributed by atoms with van der Waals surface area (Å²) in [7, 11) is -4.77. The number of carbonyl (C=O) groups is 3. The van der Waals surface area contributed by atoms with Gasteiger partial charge < -0.3 is 24.2 Å². The number of phosphoric acid groups is 1. The summed E-state index contributed by atoms with van der Waals surface area (Å²) in [6, 6.07) is 0. The molecule has 0 aromatic heterocycles. The molecular formula is C62H105O11P. The summed E-state index contributed by atoms with van der Waals surface area (Å²) in [4.78, 5) is 48.5. The molecule has 3 atom stereocenters. The Morgan fingerprint density at radius 3 is 1.12 bits per heavy atom. The lowest BCUT2D eigenvalue weighted by atomic mass is 10.1. The standard InChI is InChI=1S/C62H105O11P/c1-4-7-10-13-16-19-22-25-28-29-32-33-36-39-42-45-48-51-60(64)69-55-59(73-62(66)53-50-47-44-41-38-35-31-27-24-21-18-15-12-9-6-3)57-71-74(67,68)70-56-58(54-63)72-61(65)52-49-46-43-40-37-34-30-26-23-20-17-14-11-8-5-2/h8-9,11-12,17-18,20-21,25-28,30-31,38,41,58-59,63H,4-7,10,13-16,19,22-24,29,32-37,39-40,42-57H2,1-3H3,(H,67,68)/b11-8-,12-9-,20-17-,21-18-,28-25-,30-26-,31-27-,41-38-. The molecule has 0 spiro atoms. The SMILES string of the molecule is CC/C=C\C/C=C\C/C=C\C/C=C\CCCCC(=O)OC(COC(=O)CCCCCCCCC/C=C\CCCCCCCC)COP(=O)(O)OCC(CO)OC(=O)CCCCCCC/C=C\C/C=C\C/C=C\CC. The molecule has 424 valence electrons. The van der Waals surface area contributed by atoms with Crippen LogP contribution in [-0.2, 0) is 42.2 Å². The Morgan fingerprint density at radius 2 is 0.703 bits per heavy atom. The molecule has 0 aromatic carbocycles. The molecule has 0 amide bonds.